The van der Waals surface area contributed by atoms with Gasteiger partial charge in [-0.2, -0.15) is 0 Å². The van der Waals surface area contributed by atoms with Crippen molar-refractivity contribution in [3.05, 3.63) is 35.4 Å². The fourth-order valence-electron chi connectivity index (χ4n) is 2.39. The maximum Gasteiger partial charge on any atom is 0.336 e. The van der Waals surface area contributed by atoms with Gasteiger partial charge in [0.15, 0.2) is 0 Å². The summed E-state index contributed by atoms with van der Waals surface area (Å²) in [6, 6.07) is 5.79. The number of benzene rings is 1. The van der Waals surface area contributed by atoms with E-state index in [1.165, 1.54) is 12.1 Å². The quantitative estimate of drug-likeness (QED) is 0.769. The molecule has 1 amide bonds. The summed E-state index contributed by atoms with van der Waals surface area (Å²) in [6.45, 7) is 0. The molecule has 0 radical (unpaired) electrons. The predicted octanol–water partition coefficient (Wildman–Crippen LogP) is 1.42. The Bertz CT molecular complexity index is 486. The molecular formula is C14H17NO4. The number of carbonyl (C=O) groups is 2. The van der Waals surface area contributed by atoms with Crippen LogP contribution in [0, 0.1) is 0 Å². The van der Waals surface area contributed by atoms with Crippen molar-refractivity contribution in [1.29, 1.82) is 0 Å². The first kappa shape index (κ1) is 13.5. The monoisotopic (exact) mass is 263 g/mol. The molecule has 0 unspecified atom stereocenters. The molecule has 0 heterocycles. The Hall–Kier alpha value is -1.88. The Morgan fingerprint density at radius 3 is 2.37 bits per heavy atom. The fraction of sp³-hybridized carbons (Fsp3) is 0.429. The lowest BCUT2D eigenvalue weighted by Crippen LogP contribution is -2.45. The summed E-state index contributed by atoms with van der Waals surface area (Å²) in [5, 5.41) is 21.6. The third-order valence-electron chi connectivity index (χ3n) is 3.45. The number of aliphatic hydroxyl groups excluding tert-OH is 1. The van der Waals surface area contributed by atoms with Crippen LogP contribution < -0.4 is 5.32 Å². The molecule has 5 nitrogen and oxygen atoms in total. The number of carboxylic acids is 1. The van der Waals surface area contributed by atoms with Crippen molar-refractivity contribution in [2.45, 2.75) is 37.8 Å². The van der Waals surface area contributed by atoms with Gasteiger partial charge >= 0.3 is 5.97 Å². The first-order valence-electron chi connectivity index (χ1n) is 6.41. The van der Waals surface area contributed by atoms with E-state index in [-0.39, 0.29) is 17.2 Å². The fourth-order valence-corrected chi connectivity index (χ4v) is 2.39. The van der Waals surface area contributed by atoms with E-state index in [1.807, 2.05) is 0 Å². The molecule has 19 heavy (non-hydrogen) atoms. The molecule has 0 bridgehead atoms. The average Bonchev–Trinajstić information content (AvgIpc) is 2.41. The van der Waals surface area contributed by atoms with Gasteiger partial charge in [-0.15, -0.1) is 0 Å². The van der Waals surface area contributed by atoms with Crippen molar-refractivity contribution in [2.75, 3.05) is 0 Å². The van der Waals surface area contributed by atoms with Gasteiger partial charge in [-0.25, -0.2) is 4.79 Å². The van der Waals surface area contributed by atoms with E-state index in [0.717, 1.165) is 19.3 Å². The second-order valence-electron chi connectivity index (χ2n) is 4.78. The summed E-state index contributed by atoms with van der Waals surface area (Å²) in [6.07, 6.45) is 2.77. The molecule has 0 spiro atoms. The molecule has 3 N–H and O–H groups in total. The molecule has 1 aliphatic rings. The van der Waals surface area contributed by atoms with E-state index in [2.05, 4.69) is 5.32 Å². The molecule has 0 aliphatic heterocycles. The van der Waals surface area contributed by atoms with Gasteiger partial charge in [-0.1, -0.05) is 25.0 Å². The van der Waals surface area contributed by atoms with Crippen molar-refractivity contribution in [3.8, 4) is 0 Å². The van der Waals surface area contributed by atoms with Gasteiger partial charge in [0, 0.05) is 0 Å². The number of hydrogen-bond acceptors (Lipinski definition) is 3. The van der Waals surface area contributed by atoms with Crippen molar-refractivity contribution >= 4 is 11.9 Å². The van der Waals surface area contributed by atoms with E-state index in [0.29, 0.717) is 6.42 Å². The zero-order valence-electron chi connectivity index (χ0n) is 10.5. The van der Waals surface area contributed by atoms with Crippen molar-refractivity contribution in [2.24, 2.45) is 0 Å². The lowest BCUT2D eigenvalue weighted by Gasteiger charge is -2.28. The van der Waals surface area contributed by atoms with Crippen LogP contribution in [-0.2, 0) is 0 Å². The molecule has 0 aromatic heterocycles. The van der Waals surface area contributed by atoms with Gasteiger partial charge in [0.05, 0.1) is 23.3 Å². The van der Waals surface area contributed by atoms with Crippen LogP contribution in [0.3, 0.4) is 0 Å². The summed E-state index contributed by atoms with van der Waals surface area (Å²) < 4.78 is 0. The molecule has 1 saturated carbocycles. The predicted molar refractivity (Wildman–Crippen MR) is 69.1 cm³/mol. The lowest BCUT2D eigenvalue weighted by molar-refractivity contribution is 0.0675. The normalized spacial score (nSPS) is 22.8. The van der Waals surface area contributed by atoms with Gasteiger partial charge in [-0.05, 0) is 25.0 Å². The number of amides is 1. The third kappa shape index (κ3) is 3.12. The molecule has 5 heteroatoms. The number of rotatable bonds is 3. The molecule has 2 atom stereocenters. The zero-order valence-corrected chi connectivity index (χ0v) is 10.5. The molecular weight excluding hydrogens is 246 g/mol. The summed E-state index contributed by atoms with van der Waals surface area (Å²) >= 11 is 0. The van der Waals surface area contributed by atoms with Gasteiger partial charge in [0.25, 0.3) is 5.91 Å². The van der Waals surface area contributed by atoms with E-state index in [1.54, 1.807) is 12.1 Å². The second kappa shape index (κ2) is 5.84. The Balaban J connectivity index is 2.13. The van der Waals surface area contributed by atoms with Gasteiger partial charge in [-0.3, -0.25) is 4.79 Å². The number of aliphatic hydroxyl groups is 1. The number of nitrogens with one attached hydrogen (secondary N) is 1. The van der Waals surface area contributed by atoms with Crippen LogP contribution >= 0.6 is 0 Å². The maximum absolute atomic E-state index is 12.1. The SMILES string of the molecule is O=C(O)c1ccccc1C(=O)N[C@@H]1CCCC[C@H]1O. The molecule has 0 saturated heterocycles. The molecule has 1 fully saturated rings. The summed E-state index contributed by atoms with van der Waals surface area (Å²) in [5.74, 6) is -1.57. The van der Waals surface area contributed by atoms with Crippen molar-refractivity contribution in [1.82, 2.24) is 5.32 Å². The van der Waals surface area contributed by atoms with Crippen molar-refractivity contribution in [3.63, 3.8) is 0 Å². The van der Waals surface area contributed by atoms with Gasteiger partial charge in [0.1, 0.15) is 0 Å². The second-order valence-corrected chi connectivity index (χ2v) is 4.78. The highest BCUT2D eigenvalue weighted by Crippen LogP contribution is 2.19. The molecule has 102 valence electrons. The average molecular weight is 263 g/mol. The first-order valence-corrected chi connectivity index (χ1v) is 6.41. The number of carbonyl (C=O) groups excluding carboxylic acids is 1. The molecule has 1 aromatic rings. The minimum atomic E-state index is -1.13. The topological polar surface area (TPSA) is 86.6 Å². The van der Waals surface area contributed by atoms with Crippen LogP contribution in [0.4, 0.5) is 0 Å². The Labute approximate surface area is 111 Å². The number of aromatic carboxylic acids is 1. The van der Waals surface area contributed by atoms with Crippen LogP contribution in [0.5, 0.6) is 0 Å². The molecule has 2 rings (SSSR count). The van der Waals surface area contributed by atoms with Crippen molar-refractivity contribution < 1.29 is 19.8 Å². The highest BCUT2D eigenvalue weighted by Gasteiger charge is 2.26. The van der Waals surface area contributed by atoms with E-state index >= 15 is 0 Å². The highest BCUT2D eigenvalue weighted by atomic mass is 16.4. The summed E-state index contributed by atoms with van der Waals surface area (Å²) in [4.78, 5) is 23.2. The zero-order chi connectivity index (χ0) is 13.8. The largest absolute Gasteiger partial charge is 0.478 e. The Morgan fingerprint density at radius 1 is 1.11 bits per heavy atom. The number of carboxylic acid groups (broad SMARTS) is 1. The van der Waals surface area contributed by atoms with Crippen LogP contribution in [0.2, 0.25) is 0 Å². The van der Waals surface area contributed by atoms with E-state index in [4.69, 9.17) is 5.11 Å². The van der Waals surface area contributed by atoms with Crippen LogP contribution in [0.25, 0.3) is 0 Å². The Morgan fingerprint density at radius 2 is 1.74 bits per heavy atom. The van der Waals surface area contributed by atoms with E-state index in [9.17, 15) is 14.7 Å². The minimum Gasteiger partial charge on any atom is -0.478 e. The van der Waals surface area contributed by atoms with Crippen LogP contribution in [0.1, 0.15) is 46.4 Å². The summed E-state index contributed by atoms with van der Waals surface area (Å²) in [5.41, 5.74) is 0.109. The maximum atomic E-state index is 12.1. The van der Waals surface area contributed by atoms with Crippen LogP contribution in [-0.4, -0.2) is 34.2 Å². The highest BCUT2D eigenvalue weighted by molar-refractivity contribution is 6.04. The minimum absolute atomic E-state index is 0.0229. The smallest absolute Gasteiger partial charge is 0.336 e. The standard InChI is InChI=1S/C14H17NO4/c16-12-8-4-3-7-11(12)15-13(17)9-5-1-2-6-10(9)14(18)19/h1-2,5-6,11-12,16H,3-4,7-8H2,(H,15,17)(H,18,19)/t11-,12-/m1/s1. The number of hydrogen-bond donors (Lipinski definition) is 3. The van der Waals surface area contributed by atoms with Gasteiger partial charge < -0.3 is 15.5 Å². The summed E-state index contributed by atoms with van der Waals surface area (Å²) in [7, 11) is 0. The van der Waals surface area contributed by atoms with Crippen LogP contribution in [0.15, 0.2) is 24.3 Å². The molecule has 1 aliphatic carbocycles. The third-order valence-corrected chi connectivity index (χ3v) is 3.45. The first-order chi connectivity index (χ1) is 9.09. The van der Waals surface area contributed by atoms with Gasteiger partial charge in [0.2, 0.25) is 0 Å². The van der Waals surface area contributed by atoms with E-state index < -0.39 is 18.0 Å². The lowest BCUT2D eigenvalue weighted by atomic mass is 9.92. The Kier molecular flexibility index (Phi) is 4.16. The molecule has 1 aromatic carbocycles.